The average Bonchev–Trinajstić information content (AvgIpc) is 2.96. The highest BCUT2D eigenvalue weighted by atomic mass is 16.6. The van der Waals surface area contributed by atoms with Crippen LogP contribution in [-0.4, -0.2) is 51.8 Å². The van der Waals surface area contributed by atoms with Crippen molar-refractivity contribution in [1.29, 1.82) is 0 Å². The van der Waals surface area contributed by atoms with Crippen molar-refractivity contribution in [3.8, 4) is 5.69 Å². The zero-order valence-electron chi connectivity index (χ0n) is 12.6. The van der Waals surface area contributed by atoms with Gasteiger partial charge in [-0.05, 0) is 19.1 Å². The molecule has 2 heterocycles. The molecule has 1 aliphatic heterocycles. The lowest BCUT2D eigenvalue weighted by Gasteiger charge is -2.26. The smallest absolute Gasteiger partial charge is 0.269 e. The SMILES string of the molecule is Cc1c(C(=O)N2CCOCC2)cnn1-c1ccc([N+](=O)[O-])cc1. The van der Waals surface area contributed by atoms with Crippen molar-refractivity contribution in [2.45, 2.75) is 6.92 Å². The van der Waals surface area contributed by atoms with Crippen LogP contribution in [0.15, 0.2) is 30.5 Å². The van der Waals surface area contributed by atoms with E-state index in [2.05, 4.69) is 5.10 Å². The maximum Gasteiger partial charge on any atom is 0.269 e. The van der Waals surface area contributed by atoms with Crippen LogP contribution in [-0.2, 0) is 4.74 Å². The Morgan fingerprint density at radius 2 is 1.91 bits per heavy atom. The van der Waals surface area contributed by atoms with Crippen LogP contribution in [0.2, 0.25) is 0 Å². The number of nitro groups is 1. The molecule has 0 bridgehead atoms. The molecule has 0 aliphatic carbocycles. The lowest BCUT2D eigenvalue weighted by atomic mass is 10.2. The van der Waals surface area contributed by atoms with Crippen molar-refractivity contribution in [1.82, 2.24) is 14.7 Å². The molecule has 0 N–H and O–H groups in total. The zero-order valence-corrected chi connectivity index (χ0v) is 12.6. The van der Waals surface area contributed by atoms with Crippen LogP contribution in [0.25, 0.3) is 5.69 Å². The van der Waals surface area contributed by atoms with Gasteiger partial charge in [0.25, 0.3) is 11.6 Å². The van der Waals surface area contributed by atoms with Gasteiger partial charge in [0.2, 0.25) is 0 Å². The minimum absolute atomic E-state index is 0.0168. The molecule has 23 heavy (non-hydrogen) atoms. The molecular weight excluding hydrogens is 300 g/mol. The summed E-state index contributed by atoms with van der Waals surface area (Å²) in [6.07, 6.45) is 1.54. The summed E-state index contributed by atoms with van der Waals surface area (Å²) < 4.78 is 6.86. The van der Waals surface area contributed by atoms with Crippen molar-refractivity contribution in [3.63, 3.8) is 0 Å². The van der Waals surface area contributed by atoms with Crippen LogP contribution in [0.4, 0.5) is 5.69 Å². The molecule has 1 saturated heterocycles. The summed E-state index contributed by atoms with van der Waals surface area (Å²) >= 11 is 0. The molecule has 0 atom stereocenters. The van der Waals surface area contributed by atoms with Crippen molar-refractivity contribution in [2.24, 2.45) is 0 Å². The van der Waals surface area contributed by atoms with Crippen molar-refractivity contribution >= 4 is 11.6 Å². The van der Waals surface area contributed by atoms with Crippen LogP contribution >= 0.6 is 0 Å². The van der Waals surface area contributed by atoms with Gasteiger partial charge in [0.15, 0.2) is 0 Å². The van der Waals surface area contributed by atoms with Gasteiger partial charge in [0.1, 0.15) is 0 Å². The highest BCUT2D eigenvalue weighted by molar-refractivity contribution is 5.95. The van der Waals surface area contributed by atoms with Gasteiger partial charge < -0.3 is 9.64 Å². The number of nitrogens with zero attached hydrogens (tertiary/aromatic N) is 4. The molecule has 1 aliphatic rings. The fraction of sp³-hybridized carbons (Fsp3) is 0.333. The number of aromatic nitrogens is 2. The summed E-state index contributed by atoms with van der Waals surface area (Å²) in [5.41, 5.74) is 1.93. The maximum absolute atomic E-state index is 12.5. The Hall–Kier alpha value is -2.74. The first kappa shape index (κ1) is 15.2. The first-order valence-electron chi connectivity index (χ1n) is 7.24. The van der Waals surface area contributed by atoms with Crippen molar-refractivity contribution in [2.75, 3.05) is 26.3 Å². The second-order valence-electron chi connectivity index (χ2n) is 5.23. The van der Waals surface area contributed by atoms with Gasteiger partial charge in [-0.3, -0.25) is 14.9 Å². The number of non-ortho nitro benzene ring substituents is 1. The van der Waals surface area contributed by atoms with E-state index in [1.54, 1.807) is 21.7 Å². The molecule has 8 nitrogen and oxygen atoms in total. The monoisotopic (exact) mass is 316 g/mol. The predicted molar refractivity (Wildman–Crippen MR) is 81.7 cm³/mol. The lowest BCUT2D eigenvalue weighted by Crippen LogP contribution is -2.40. The summed E-state index contributed by atoms with van der Waals surface area (Å²) in [6, 6.07) is 6.06. The summed E-state index contributed by atoms with van der Waals surface area (Å²) in [6.45, 7) is 4.03. The van der Waals surface area contributed by atoms with E-state index in [1.165, 1.54) is 18.3 Å². The second kappa shape index (κ2) is 6.17. The number of nitro benzene ring substituents is 1. The van der Waals surface area contributed by atoms with E-state index >= 15 is 0 Å². The Bertz CT molecular complexity index is 732. The normalized spacial score (nSPS) is 14.7. The van der Waals surface area contributed by atoms with Crippen molar-refractivity contribution in [3.05, 3.63) is 51.8 Å². The summed E-state index contributed by atoms with van der Waals surface area (Å²) in [4.78, 5) is 24.5. The molecule has 0 radical (unpaired) electrons. The van der Waals surface area contributed by atoms with Gasteiger partial charge in [-0.1, -0.05) is 0 Å². The summed E-state index contributed by atoms with van der Waals surface area (Å²) in [5.74, 6) is -0.0704. The van der Waals surface area contributed by atoms with Crippen LogP contribution in [0.3, 0.4) is 0 Å². The minimum Gasteiger partial charge on any atom is -0.378 e. The first-order chi connectivity index (χ1) is 11.1. The van der Waals surface area contributed by atoms with Gasteiger partial charge in [-0.2, -0.15) is 5.10 Å². The quantitative estimate of drug-likeness (QED) is 0.633. The minimum atomic E-state index is -0.451. The van der Waals surface area contributed by atoms with Gasteiger partial charge >= 0.3 is 0 Å². The van der Waals surface area contributed by atoms with E-state index in [1.807, 2.05) is 6.92 Å². The fourth-order valence-electron chi connectivity index (χ4n) is 2.53. The van der Waals surface area contributed by atoms with Crippen LogP contribution < -0.4 is 0 Å². The number of carbonyl (C=O) groups excluding carboxylic acids is 1. The Kier molecular flexibility index (Phi) is 4.07. The number of hydrogen-bond acceptors (Lipinski definition) is 5. The molecule has 1 aromatic carbocycles. The largest absolute Gasteiger partial charge is 0.378 e. The molecule has 1 aromatic heterocycles. The molecule has 8 heteroatoms. The van der Waals surface area contributed by atoms with E-state index in [0.717, 1.165) is 0 Å². The van der Waals surface area contributed by atoms with Crippen LogP contribution in [0, 0.1) is 17.0 Å². The number of morpholine rings is 1. The number of rotatable bonds is 3. The molecular formula is C15H16N4O4. The van der Waals surface area contributed by atoms with Gasteiger partial charge in [0.05, 0.1) is 41.3 Å². The number of benzene rings is 1. The Labute approximate surface area is 132 Å². The highest BCUT2D eigenvalue weighted by Crippen LogP contribution is 2.19. The third-order valence-electron chi connectivity index (χ3n) is 3.84. The topological polar surface area (TPSA) is 90.5 Å². The maximum atomic E-state index is 12.5. The Balaban J connectivity index is 1.86. The van der Waals surface area contributed by atoms with Crippen molar-refractivity contribution < 1.29 is 14.5 Å². The fourth-order valence-corrected chi connectivity index (χ4v) is 2.53. The summed E-state index contributed by atoms with van der Waals surface area (Å²) in [5, 5.41) is 15.0. The molecule has 0 unspecified atom stereocenters. The van der Waals surface area contributed by atoms with Crippen LogP contribution in [0.5, 0.6) is 0 Å². The van der Waals surface area contributed by atoms with E-state index in [4.69, 9.17) is 4.74 Å². The zero-order chi connectivity index (χ0) is 16.4. The van der Waals surface area contributed by atoms with E-state index in [9.17, 15) is 14.9 Å². The first-order valence-corrected chi connectivity index (χ1v) is 7.24. The van der Waals surface area contributed by atoms with Gasteiger partial charge in [0, 0.05) is 25.2 Å². The van der Waals surface area contributed by atoms with Gasteiger partial charge in [-0.15, -0.1) is 0 Å². The van der Waals surface area contributed by atoms with E-state index in [0.29, 0.717) is 43.2 Å². The van der Waals surface area contributed by atoms with Crippen LogP contribution in [0.1, 0.15) is 16.1 Å². The standard InChI is InChI=1S/C15H16N4O4/c1-11-14(15(20)17-6-8-23-9-7-17)10-16-18(11)12-2-4-13(5-3-12)19(21)22/h2-5,10H,6-9H2,1H3. The highest BCUT2D eigenvalue weighted by Gasteiger charge is 2.22. The molecule has 0 spiro atoms. The lowest BCUT2D eigenvalue weighted by molar-refractivity contribution is -0.384. The molecule has 1 fully saturated rings. The molecule has 3 rings (SSSR count). The molecule has 120 valence electrons. The Morgan fingerprint density at radius 3 is 2.52 bits per heavy atom. The molecule has 2 aromatic rings. The molecule has 1 amide bonds. The summed E-state index contributed by atoms with van der Waals surface area (Å²) in [7, 11) is 0. The van der Waals surface area contributed by atoms with E-state index in [-0.39, 0.29) is 11.6 Å². The predicted octanol–water partition coefficient (Wildman–Crippen LogP) is 1.56. The third kappa shape index (κ3) is 2.93. The number of carbonyl (C=O) groups is 1. The second-order valence-corrected chi connectivity index (χ2v) is 5.23. The van der Waals surface area contributed by atoms with Gasteiger partial charge in [-0.25, -0.2) is 4.68 Å². The Morgan fingerprint density at radius 1 is 1.26 bits per heavy atom. The van der Waals surface area contributed by atoms with E-state index < -0.39 is 4.92 Å². The third-order valence-corrected chi connectivity index (χ3v) is 3.84. The molecule has 0 saturated carbocycles. The number of amides is 1. The number of ether oxygens (including phenoxy) is 1. The average molecular weight is 316 g/mol. The number of hydrogen-bond donors (Lipinski definition) is 0.